The summed E-state index contributed by atoms with van der Waals surface area (Å²) in [4.78, 5) is 0. The molecule has 1 N–H and O–H groups in total. The Bertz CT molecular complexity index is 370. The fraction of sp³-hybridized carbons (Fsp3) is 0.500. The van der Waals surface area contributed by atoms with Crippen LogP contribution in [-0.4, -0.2) is 17.5 Å². The summed E-state index contributed by atoms with van der Waals surface area (Å²) in [5.74, 6) is 2.27. The molecular weight excluding hydrogens is 261 g/mol. The fourth-order valence-corrected chi connectivity index (χ4v) is 3.53. The van der Waals surface area contributed by atoms with Crippen LogP contribution in [0.1, 0.15) is 24.9 Å². The Morgan fingerprint density at radius 3 is 3.00 bits per heavy atom. The first kappa shape index (κ1) is 12.6. The third kappa shape index (κ3) is 3.07. The predicted molar refractivity (Wildman–Crippen MR) is 73.7 cm³/mol. The molecule has 1 aliphatic rings. The van der Waals surface area contributed by atoms with Crippen LogP contribution >= 0.6 is 35.0 Å². The second kappa shape index (κ2) is 5.63. The first-order valence-corrected chi connectivity index (χ1v) is 7.36. The van der Waals surface area contributed by atoms with Crippen LogP contribution in [0.4, 0.5) is 0 Å². The molecule has 1 aromatic carbocycles. The van der Waals surface area contributed by atoms with Crippen molar-refractivity contribution in [2.24, 2.45) is 0 Å². The summed E-state index contributed by atoms with van der Waals surface area (Å²) in [5, 5.41) is 5.15. The largest absolute Gasteiger partial charge is 0.307 e. The summed E-state index contributed by atoms with van der Waals surface area (Å²) in [5.41, 5.74) is 1.12. The molecule has 0 bridgehead atoms. The van der Waals surface area contributed by atoms with Gasteiger partial charge in [-0.2, -0.15) is 11.8 Å². The van der Waals surface area contributed by atoms with E-state index in [1.165, 1.54) is 12.2 Å². The Hall–Kier alpha value is 0.110. The van der Waals surface area contributed by atoms with Crippen LogP contribution in [0.25, 0.3) is 0 Å². The van der Waals surface area contributed by atoms with Gasteiger partial charge in [0, 0.05) is 27.9 Å². The number of hydrogen-bond acceptors (Lipinski definition) is 2. The summed E-state index contributed by atoms with van der Waals surface area (Å²) >= 11 is 14.2. The molecule has 0 aromatic heterocycles. The second-order valence-corrected chi connectivity index (χ2v) is 6.14. The van der Waals surface area contributed by atoms with E-state index in [-0.39, 0.29) is 0 Å². The predicted octanol–water partition coefficient (Wildman–Crippen LogP) is 4.15. The molecule has 1 aliphatic heterocycles. The lowest BCUT2D eigenvalue weighted by atomic mass is 10.1. The van der Waals surface area contributed by atoms with E-state index in [1.807, 2.05) is 30.0 Å². The minimum Gasteiger partial charge on any atom is -0.307 e. The fourth-order valence-electron chi connectivity index (χ4n) is 1.90. The maximum absolute atomic E-state index is 6.22. The smallest absolute Gasteiger partial charge is 0.0455 e. The van der Waals surface area contributed by atoms with Crippen LogP contribution in [0.15, 0.2) is 18.2 Å². The molecule has 2 unspecified atom stereocenters. The van der Waals surface area contributed by atoms with Crippen molar-refractivity contribution in [2.75, 3.05) is 11.5 Å². The van der Waals surface area contributed by atoms with Gasteiger partial charge < -0.3 is 5.32 Å². The summed E-state index contributed by atoms with van der Waals surface area (Å²) in [6.45, 7) is 2.22. The molecule has 16 heavy (non-hydrogen) atoms. The Kier molecular flexibility index (Phi) is 4.42. The van der Waals surface area contributed by atoms with Crippen LogP contribution in [0, 0.1) is 0 Å². The summed E-state index contributed by atoms with van der Waals surface area (Å²) in [7, 11) is 0. The van der Waals surface area contributed by atoms with E-state index in [1.54, 1.807) is 0 Å². The molecule has 1 fully saturated rings. The van der Waals surface area contributed by atoms with Crippen LogP contribution in [0.5, 0.6) is 0 Å². The molecule has 0 aliphatic carbocycles. The van der Waals surface area contributed by atoms with Gasteiger partial charge in [0.05, 0.1) is 0 Å². The Morgan fingerprint density at radius 1 is 1.38 bits per heavy atom. The number of rotatable bonds is 1. The molecule has 1 heterocycles. The van der Waals surface area contributed by atoms with Gasteiger partial charge in [-0.3, -0.25) is 0 Å². The number of nitrogens with one attached hydrogen (secondary N) is 1. The van der Waals surface area contributed by atoms with Crippen LogP contribution in [0.2, 0.25) is 10.0 Å². The van der Waals surface area contributed by atoms with Crippen molar-refractivity contribution in [3.05, 3.63) is 33.8 Å². The maximum Gasteiger partial charge on any atom is 0.0455 e. The Balaban J connectivity index is 2.24. The zero-order valence-corrected chi connectivity index (χ0v) is 11.5. The van der Waals surface area contributed by atoms with Gasteiger partial charge in [0.2, 0.25) is 0 Å². The lowest BCUT2D eigenvalue weighted by molar-refractivity contribution is 0.485. The van der Waals surface area contributed by atoms with E-state index >= 15 is 0 Å². The normalized spacial score (nSPS) is 26.4. The highest BCUT2D eigenvalue weighted by Crippen LogP contribution is 2.30. The SMILES string of the molecule is CC1CCSCC(c2cc(Cl)ccc2Cl)N1. The molecule has 4 heteroatoms. The van der Waals surface area contributed by atoms with Crippen molar-refractivity contribution in [1.82, 2.24) is 5.32 Å². The zero-order valence-electron chi connectivity index (χ0n) is 9.17. The molecular formula is C12H15Cl2NS. The lowest BCUT2D eigenvalue weighted by Gasteiger charge is -2.20. The first-order chi connectivity index (χ1) is 7.66. The molecule has 88 valence electrons. The van der Waals surface area contributed by atoms with Gasteiger partial charge in [0.1, 0.15) is 0 Å². The first-order valence-electron chi connectivity index (χ1n) is 5.45. The molecule has 0 amide bonds. The Labute approximate surface area is 111 Å². The second-order valence-electron chi connectivity index (χ2n) is 4.15. The zero-order chi connectivity index (χ0) is 11.5. The molecule has 0 spiro atoms. The molecule has 2 atom stereocenters. The average Bonchev–Trinajstić information content (AvgIpc) is 2.46. The van der Waals surface area contributed by atoms with Gasteiger partial charge in [-0.15, -0.1) is 0 Å². The third-order valence-electron chi connectivity index (χ3n) is 2.80. The van der Waals surface area contributed by atoms with E-state index in [0.717, 1.165) is 21.4 Å². The monoisotopic (exact) mass is 275 g/mol. The maximum atomic E-state index is 6.22. The lowest BCUT2D eigenvalue weighted by Crippen LogP contribution is -2.30. The van der Waals surface area contributed by atoms with Crippen molar-refractivity contribution in [1.29, 1.82) is 0 Å². The van der Waals surface area contributed by atoms with Crippen LogP contribution in [0.3, 0.4) is 0 Å². The van der Waals surface area contributed by atoms with Gasteiger partial charge in [-0.25, -0.2) is 0 Å². The topological polar surface area (TPSA) is 12.0 Å². The van der Waals surface area contributed by atoms with E-state index in [0.29, 0.717) is 12.1 Å². The van der Waals surface area contributed by atoms with Crippen LogP contribution in [-0.2, 0) is 0 Å². The minimum absolute atomic E-state index is 0.314. The van der Waals surface area contributed by atoms with Crippen molar-refractivity contribution >= 4 is 35.0 Å². The molecule has 1 saturated heterocycles. The van der Waals surface area contributed by atoms with Crippen molar-refractivity contribution < 1.29 is 0 Å². The number of thioether (sulfide) groups is 1. The number of benzene rings is 1. The van der Waals surface area contributed by atoms with E-state index < -0.39 is 0 Å². The van der Waals surface area contributed by atoms with Gasteiger partial charge in [0.25, 0.3) is 0 Å². The van der Waals surface area contributed by atoms with Gasteiger partial charge in [-0.05, 0) is 42.9 Å². The average molecular weight is 276 g/mol. The Morgan fingerprint density at radius 2 is 2.19 bits per heavy atom. The summed E-state index contributed by atoms with van der Waals surface area (Å²) < 4.78 is 0. The molecule has 0 saturated carbocycles. The van der Waals surface area contributed by atoms with Gasteiger partial charge in [0.15, 0.2) is 0 Å². The molecule has 0 radical (unpaired) electrons. The summed E-state index contributed by atoms with van der Waals surface area (Å²) in [6.07, 6.45) is 1.21. The van der Waals surface area contributed by atoms with Crippen LogP contribution < -0.4 is 5.32 Å². The van der Waals surface area contributed by atoms with Gasteiger partial charge >= 0.3 is 0 Å². The minimum atomic E-state index is 0.314. The highest BCUT2D eigenvalue weighted by molar-refractivity contribution is 7.99. The quantitative estimate of drug-likeness (QED) is 0.827. The van der Waals surface area contributed by atoms with E-state index in [4.69, 9.17) is 23.2 Å². The van der Waals surface area contributed by atoms with E-state index in [9.17, 15) is 0 Å². The van der Waals surface area contributed by atoms with Gasteiger partial charge in [-0.1, -0.05) is 23.2 Å². The summed E-state index contributed by atoms with van der Waals surface area (Å²) in [6, 6.07) is 6.53. The van der Waals surface area contributed by atoms with Crippen molar-refractivity contribution in [2.45, 2.75) is 25.4 Å². The number of hydrogen-bond donors (Lipinski definition) is 1. The third-order valence-corrected chi connectivity index (χ3v) is 4.47. The van der Waals surface area contributed by atoms with Crippen molar-refractivity contribution in [3.63, 3.8) is 0 Å². The molecule has 1 nitrogen and oxygen atoms in total. The number of halogens is 2. The molecule has 1 aromatic rings. The molecule has 2 rings (SSSR count). The van der Waals surface area contributed by atoms with E-state index in [2.05, 4.69) is 12.2 Å². The van der Waals surface area contributed by atoms with Crippen molar-refractivity contribution in [3.8, 4) is 0 Å². The highest BCUT2D eigenvalue weighted by Gasteiger charge is 2.20. The standard InChI is InChI=1S/C12H15Cl2NS/c1-8-4-5-16-7-12(15-8)10-6-9(13)2-3-11(10)14/h2-3,6,8,12,15H,4-5,7H2,1H3. The highest BCUT2D eigenvalue weighted by atomic mass is 35.5.